The van der Waals surface area contributed by atoms with Crippen molar-refractivity contribution in [3.63, 3.8) is 0 Å². The van der Waals surface area contributed by atoms with Crippen LogP contribution < -0.4 is 0 Å². The van der Waals surface area contributed by atoms with Crippen LogP contribution in [0.4, 0.5) is 0 Å². The molecular weight excluding hydrogens is 302 g/mol. The lowest BCUT2D eigenvalue weighted by atomic mass is 9.83. The molecule has 2 fully saturated rings. The molecule has 0 bridgehead atoms. The third kappa shape index (κ3) is 3.15. The largest absolute Gasteiger partial charge is 0.339 e. The molecule has 0 aromatic carbocycles. The van der Waals surface area contributed by atoms with Gasteiger partial charge in [-0.15, -0.1) is 0 Å². The number of likely N-dealkylation sites (tertiary alicyclic amines) is 1. The normalized spacial score (nSPS) is 19.8. The minimum absolute atomic E-state index is 0.118. The SMILES string of the molecule is CS(=O)(=O)N(Cc1ccncc1)C1CN(C(=O)C2CCC2)C1. The molecule has 2 heterocycles. The Morgan fingerprint density at radius 3 is 2.45 bits per heavy atom. The molecule has 1 saturated heterocycles. The fourth-order valence-corrected chi connectivity index (χ4v) is 3.97. The monoisotopic (exact) mass is 323 g/mol. The highest BCUT2D eigenvalue weighted by Gasteiger charge is 2.41. The van der Waals surface area contributed by atoms with Gasteiger partial charge in [0.2, 0.25) is 15.9 Å². The zero-order valence-corrected chi connectivity index (χ0v) is 13.5. The van der Waals surface area contributed by atoms with Crippen LogP contribution in [-0.4, -0.2) is 53.9 Å². The van der Waals surface area contributed by atoms with Crippen molar-refractivity contribution < 1.29 is 13.2 Å². The first-order valence-electron chi connectivity index (χ1n) is 7.59. The topological polar surface area (TPSA) is 70.6 Å². The average Bonchev–Trinajstić information content (AvgIpc) is 2.34. The lowest BCUT2D eigenvalue weighted by Crippen LogP contribution is -2.63. The summed E-state index contributed by atoms with van der Waals surface area (Å²) in [4.78, 5) is 17.9. The first-order valence-corrected chi connectivity index (χ1v) is 9.44. The molecule has 6 nitrogen and oxygen atoms in total. The second kappa shape index (κ2) is 5.96. The Morgan fingerprint density at radius 2 is 1.95 bits per heavy atom. The summed E-state index contributed by atoms with van der Waals surface area (Å²) in [6, 6.07) is 3.51. The molecule has 1 aliphatic carbocycles. The van der Waals surface area contributed by atoms with Crippen LogP contribution in [0.1, 0.15) is 24.8 Å². The Hall–Kier alpha value is -1.47. The third-order valence-corrected chi connectivity index (χ3v) is 5.83. The van der Waals surface area contributed by atoms with E-state index in [1.54, 1.807) is 17.3 Å². The molecule has 1 saturated carbocycles. The van der Waals surface area contributed by atoms with Gasteiger partial charge >= 0.3 is 0 Å². The molecule has 0 spiro atoms. The number of hydrogen-bond donors (Lipinski definition) is 0. The van der Waals surface area contributed by atoms with Gasteiger partial charge in [0.1, 0.15) is 0 Å². The van der Waals surface area contributed by atoms with Crippen LogP contribution in [0.15, 0.2) is 24.5 Å². The van der Waals surface area contributed by atoms with Gasteiger partial charge in [-0.25, -0.2) is 8.42 Å². The number of pyridine rings is 1. The van der Waals surface area contributed by atoms with Crippen molar-refractivity contribution in [3.8, 4) is 0 Å². The Balaban J connectivity index is 1.63. The third-order valence-electron chi connectivity index (χ3n) is 4.55. The quantitative estimate of drug-likeness (QED) is 0.805. The molecule has 0 atom stereocenters. The maximum atomic E-state index is 12.1. The highest BCUT2D eigenvalue weighted by molar-refractivity contribution is 7.88. The Kier molecular flexibility index (Phi) is 4.18. The van der Waals surface area contributed by atoms with Crippen molar-refractivity contribution in [1.82, 2.24) is 14.2 Å². The van der Waals surface area contributed by atoms with Crippen LogP contribution in [0.25, 0.3) is 0 Å². The van der Waals surface area contributed by atoms with Crippen molar-refractivity contribution in [1.29, 1.82) is 0 Å². The summed E-state index contributed by atoms with van der Waals surface area (Å²) < 4.78 is 25.6. The molecule has 1 aromatic heterocycles. The predicted molar refractivity (Wildman–Crippen MR) is 82.3 cm³/mol. The van der Waals surface area contributed by atoms with Crippen LogP contribution in [0.5, 0.6) is 0 Å². The highest BCUT2D eigenvalue weighted by Crippen LogP contribution is 2.31. The molecule has 120 valence electrons. The van der Waals surface area contributed by atoms with Crippen LogP contribution in [0, 0.1) is 5.92 Å². The maximum Gasteiger partial charge on any atom is 0.225 e. The van der Waals surface area contributed by atoms with Crippen molar-refractivity contribution in [2.75, 3.05) is 19.3 Å². The number of carbonyl (C=O) groups is 1. The van der Waals surface area contributed by atoms with Gasteiger partial charge < -0.3 is 4.90 Å². The summed E-state index contributed by atoms with van der Waals surface area (Å²) >= 11 is 0. The van der Waals surface area contributed by atoms with E-state index in [9.17, 15) is 13.2 Å². The van der Waals surface area contributed by atoms with Crippen LogP contribution in [-0.2, 0) is 21.4 Å². The lowest BCUT2D eigenvalue weighted by molar-refractivity contribution is -0.144. The van der Waals surface area contributed by atoms with Crippen LogP contribution >= 0.6 is 0 Å². The van der Waals surface area contributed by atoms with E-state index >= 15 is 0 Å². The van der Waals surface area contributed by atoms with Gasteiger partial charge in [0.05, 0.1) is 12.3 Å². The zero-order chi connectivity index (χ0) is 15.7. The van der Waals surface area contributed by atoms with Gasteiger partial charge in [0.15, 0.2) is 0 Å². The summed E-state index contributed by atoms with van der Waals surface area (Å²) in [6.45, 7) is 1.35. The highest BCUT2D eigenvalue weighted by atomic mass is 32.2. The summed E-state index contributed by atoms with van der Waals surface area (Å²) in [5.41, 5.74) is 0.907. The number of carbonyl (C=O) groups excluding carboxylic acids is 1. The smallest absolute Gasteiger partial charge is 0.225 e. The molecule has 22 heavy (non-hydrogen) atoms. The fraction of sp³-hybridized carbons (Fsp3) is 0.600. The Labute approximate surface area is 131 Å². The van der Waals surface area contributed by atoms with Crippen LogP contribution in [0.2, 0.25) is 0 Å². The number of aromatic nitrogens is 1. The molecule has 1 amide bonds. The van der Waals surface area contributed by atoms with Gasteiger partial charge in [-0.2, -0.15) is 4.31 Å². The summed E-state index contributed by atoms with van der Waals surface area (Å²) in [5, 5.41) is 0. The van der Waals surface area contributed by atoms with E-state index in [-0.39, 0.29) is 17.9 Å². The van der Waals surface area contributed by atoms with Crippen LogP contribution in [0.3, 0.4) is 0 Å². The average molecular weight is 323 g/mol. The van der Waals surface area contributed by atoms with Gasteiger partial charge in [-0.05, 0) is 30.5 Å². The van der Waals surface area contributed by atoms with Crippen molar-refractivity contribution in [2.45, 2.75) is 31.8 Å². The standard InChI is InChI=1S/C15H21N3O3S/c1-22(20,21)18(9-12-5-7-16-8-6-12)14-10-17(11-14)15(19)13-3-2-4-13/h5-8,13-14H,2-4,9-11H2,1H3. The van der Waals surface area contributed by atoms with E-state index in [1.807, 2.05) is 12.1 Å². The number of amides is 1. The molecule has 1 aromatic rings. The predicted octanol–water partition coefficient (Wildman–Crippen LogP) is 0.854. The summed E-state index contributed by atoms with van der Waals surface area (Å²) in [6.07, 6.45) is 7.63. The van der Waals surface area contributed by atoms with E-state index in [4.69, 9.17) is 0 Å². The van der Waals surface area contributed by atoms with E-state index < -0.39 is 10.0 Å². The Morgan fingerprint density at radius 1 is 1.32 bits per heavy atom. The van der Waals surface area contributed by atoms with E-state index in [0.717, 1.165) is 24.8 Å². The van der Waals surface area contributed by atoms with Gasteiger partial charge in [0.25, 0.3) is 0 Å². The molecular formula is C15H21N3O3S. The molecule has 0 radical (unpaired) electrons. The second-order valence-corrected chi connectivity index (χ2v) is 8.12. The molecule has 7 heteroatoms. The first kappa shape index (κ1) is 15.4. The molecule has 0 unspecified atom stereocenters. The van der Waals surface area contributed by atoms with Crippen molar-refractivity contribution in [2.24, 2.45) is 5.92 Å². The summed E-state index contributed by atoms with van der Waals surface area (Å²) in [7, 11) is -3.31. The van der Waals surface area contributed by atoms with Gasteiger partial charge in [-0.1, -0.05) is 6.42 Å². The maximum absolute atomic E-state index is 12.1. The second-order valence-electron chi connectivity index (χ2n) is 6.19. The molecule has 1 aliphatic heterocycles. The van der Waals surface area contributed by atoms with Crippen molar-refractivity contribution >= 4 is 15.9 Å². The molecule has 2 aliphatic rings. The first-order chi connectivity index (χ1) is 10.4. The van der Waals surface area contributed by atoms with E-state index in [1.165, 1.54) is 10.6 Å². The summed E-state index contributed by atoms with van der Waals surface area (Å²) in [5.74, 6) is 0.368. The minimum Gasteiger partial charge on any atom is -0.339 e. The fourth-order valence-electron chi connectivity index (χ4n) is 2.92. The Bertz CT molecular complexity index is 637. The number of sulfonamides is 1. The number of rotatable bonds is 5. The minimum atomic E-state index is -3.31. The zero-order valence-electron chi connectivity index (χ0n) is 12.7. The number of nitrogens with zero attached hydrogens (tertiary/aromatic N) is 3. The van der Waals surface area contributed by atoms with Gasteiger partial charge in [0, 0.05) is 37.9 Å². The molecule has 0 N–H and O–H groups in total. The van der Waals surface area contributed by atoms with Crippen molar-refractivity contribution in [3.05, 3.63) is 30.1 Å². The lowest BCUT2D eigenvalue weighted by Gasteiger charge is -2.46. The van der Waals surface area contributed by atoms with Gasteiger partial charge in [-0.3, -0.25) is 9.78 Å². The van der Waals surface area contributed by atoms with E-state index in [2.05, 4.69) is 4.98 Å². The van der Waals surface area contributed by atoms with E-state index in [0.29, 0.717) is 19.6 Å². The number of hydrogen-bond acceptors (Lipinski definition) is 4. The molecule has 3 rings (SSSR count).